The highest BCUT2D eigenvalue weighted by molar-refractivity contribution is 7.89. The monoisotopic (exact) mass is 408 g/mol. The number of sulfonamides is 1. The Kier molecular flexibility index (Phi) is 5.55. The number of carbonyl (C=O) groups excluding carboxylic acids is 2. The molecule has 1 atom stereocenters. The molecule has 0 aliphatic carbocycles. The van der Waals surface area contributed by atoms with E-state index in [-0.39, 0.29) is 29.9 Å². The van der Waals surface area contributed by atoms with E-state index >= 15 is 0 Å². The molecule has 1 fully saturated rings. The number of piperidine rings is 1. The Labute approximate surface area is 166 Å². The first-order valence-corrected chi connectivity index (χ1v) is 11.1. The maximum absolute atomic E-state index is 13.2. The van der Waals surface area contributed by atoms with Crippen molar-refractivity contribution < 1.29 is 22.7 Å². The number of rotatable bonds is 4. The van der Waals surface area contributed by atoms with E-state index in [4.69, 9.17) is 4.74 Å². The second kappa shape index (κ2) is 7.48. The first-order chi connectivity index (χ1) is 13.1. The maximum Gasteiger partial charge on any atom is 0.310 e. The predicted octanol–water partition coefficient (Wildman–Crippen LogP) is 2.29. The number of anilines is 1. The number of benzene rings is 1. The number of hydrogen-bond acceptors (Lipinski definition) is 5. The summed E-state index contributed by atoms with van der Waals surface area (Å²) in [5.74, 6) is -0.753. The minimum Gasteiger partial charge on any atom is -0.466 e. The number of amides is 1. The van der Waals surface area contributed by atoms with Gasteiger partial charge in [0.25, 0.3) is 0 Å². The molecule has 1 unspecified atom stereocenters. The number of esters is 1. The fraction of sp³-hybridized carbons (Fsp3) is 0.600. The van der Waals surface area contributed by atoms with Crippen molar-refractivity contribution in [2.24, 2.45) is 5.92 Å². The van der Waals surface area contributed by atoms with E-state index in [9.17, 15) is 18.0 Å². The molecular weight excluding hydrogens is 380 g/mol. The number of ether oxygens (including phenoxy) is 1. The second-order valence-corrected chi connectivity index (χ2v) is 10.1. The van der Waals surface area contributed by atoms with Gasteiger partial charge in [-0.05, 0) is 43.5 Å². The number of carbonyl (C=O) groups is 2. The number of hydrogen-bond donors (Lipinski definition) is 0. The summed E-state index contributed by atoms with van der Waals surface area (Å²) in [6, 6.07) is 4.93. The summed E-state index contributed by atoms with van der Waals surface area (Å²) in [5, 5.41) is 0. The van der Waals surface area contributed by atoms with Crippen molar-refractivity contribution in [1.82, 2.24) is 4.31 Å². The topological polar surface area (TPSA) is 84.0 Å². The fourth-order valence-electron chi connectivity index (χ4n) is 4.00. The minimum absolute atomic E-state index is 0.0152. The zero-order valence-electron chi connectivity index (χ0n) is 16.9. The molecule has 1 aromatic rings. The first-order valence-electron chi connectivity index (χ1n) is 9.66. The Hall–Kier alpha value is -1.93. The van der Waals surface area contributed by atoms with Crippen molar-refractivity contribution in [2.45, 2.75) is 50.3 Å². The van der Waals surface area contributed by atoms with E-state index < -0.39 is 21.4 Å². The summed E-state index contributed by atoms with van der Waals surface area (Å²) >= 11 is 0. The van der Waals surface area contributed by atoms with Crippen LogP contribution in [0.4, 0.5) is 5.69 Å². The van der Waals surface area contributed by atoms with Crippen LogP contribution in [0.3, 0.4) is 0 Å². The predicted molar refractivity (Wildman–Crippen MR) is 106 cm³/mol. The van der Waals surface area contributed by atoms with Crippen LogP contribution in [0.5, 0.6) is 0 Å². The molecule has 28 heavy (non-hydrogen) atoms. The molecule has 0 aromatic heterocycles. The molecule has 1 amide bonds. The van der Waals surface area contributed by atoms with Gasteiger partial charge in [0.1, 0.15) is 0 Å². The Balaban J connectivity index is 1.93. The lowest BCUT2D eigenvalue weighted by Gasteiger charge is -2.37. The lowest BCUT2D eigenvalue weighted by atomic mass is 9.77. The van der Waals surface area contributed by atoms with Gasteiger partial charge in [-0.1, -0.05) is 13.8 Å². The summed E-state index contributed by atoms with van der Waals surface area (Å²) in [7, 11) is -2.03. The van der Waals surface area contributed by atoms with Crippen LogP contribution in [0.2, 0.25) is 0 Å². The molecule has 0 bridgehead atoms. The van der Waals surface area contributed by atoms with Crippen molar-refractivity contribution in [3.63, 3.8) is 0 Å². The van der Waals surface area contributed by atoms with Gasteiger partial charge in [0.05, 0.1) is 17.4 Å². The summed E-state index contributed by atoms with van der Waals surface area (Å²) < 4.78 is 33.0. The van der Waals surface area contributed by atoms with Crippen molar-refractivity contribution in [3.8, 4) is 0 Å². The molecule has 2 heterocycles. The van der Waals surface area contributed by atoms with Gasteiger partial charge in [0.2, 0.25) is 15.9 Å². The van der Waals surface area contributed by atoms with Crippen LogP contribution in [0, 0.1) is 5.92 Å². The zero-order valence-corrected chi connectivity index (χ0v) is 17.7. The fourth-order valence-corrected chi connectivity index (χ4v) is 5.55. The molecular formula is C20H28N2O5S. The van der Waals surface area contributed by atoms with E-state index in [1.807, 2.05) is 13.8 Å². The van der Waals surface area contributed by atoms with Gasteiger partial charge in [0.15, 0.2) is 0 Å². The summed E-state index contributed by atoms with van der Waals surface area (Å²) in [6.07, 6.45) is 1.58. The third-order valence-corrected chi connectivity index (χ3v) is 7.53. The van der Waals surface area contributed by atoms with Crippen LogP contribution in [-0.2, 0) is 29.8 Å². The quantitative estimate of drug-likeness (QED) is 0.714. The zero-order chi connectivity index (χ0) is 20.7. The molecule has 0 N–H and O–H groups in total. The summed E-state index contributed by atoms with van der Waals surface area (Å²) in [6.45, 7) is 6.45. The molecule has 0 spiro atoms. The lowest BCUT2D eigenvalue weighted by Crippen LogP contribution is -2.43. The van der Waals surface area contributed by atoms with Crippen molar-refractivity contribution in [1.29, 1.82) is 0 Å². The Morgan fingerprint density at radius 2 is 2.04 bits per heavy atom. The smallest absolute Gasteiger partial charge is 0.310 e. The van der Waals surface area contributed by atoms with Gasteiger partial charge in [-0.25, -0.2) is 8.42 Å². The highest BCUT2D eigenvalue weighted by Gasteiger charge is 2.38. The molecule has 3 rings (SSSR count). The molecule has 8 heteroatoms. The molecule has 7 nitrogen and oxygen atoms in total. The molecule has 0 saturated carbocycles. The van der Waals surface area contributed by atoms with Crippen LogP contribution in [0.15, 0.2) is 23.1 Å². The van der Waals surface area contributed by atoms with E-state index in [2.05, 4.69) is 0 Å². The van der Waals surface area contributed by atoms with E-state index in [1.165, 1.54) is 4.31 Å². The van der Waals surface area contributed by atoms with Gasteiger partial charge >= 0.3 is 5.97 Å². The summed E-state index contributed by atoms with van der Waals surface area (Å²) in [4.78, 5) is 26.1. The molecule has 0 radical (unpaired) electrons. The van der Waals surface area contributed by atoms with Gasteiger partial charge in [-0.2, -0.15) is 4.31 Å². The standard InChI is InChI=1S/C20H28N2O5S/c1-5-27-19(24)14-7-6-10-22(13-14)28(25,26)15-8-9-17-16(11-15)20(2,3)12-18(23)21(17)4/h8-9,11,14H,5-7,10,12-13H2,1-4H3. The van der Waals surface area contributed by atoms with Crippen LogP contribution in [-0.4, -0.2) is 51.3 Å². The third kappa shape index (κ3) is 3.67. The van der Waals surface area contributed by atoms with Crippen molar-refractivity contribution in [3.05, 3.63) is 23.8 Å². The van der Waals surface area contributed by atoms with Gasteiger partial charge in [0, 0.05) is 37.7 Å². The number of fused-ring (bicyclic) bond motifs is 1. The van der Waals surface area contributed by atoms with Crippen LogP contribution < -0.4 is 4.90 Å². The van der Waals surface area contributed by atoms with Crippen LogP contribution in [0.1, 0.15) is 45.6 Å². The summed E-state index contributed by atoms with van der Waals surface area (Å²) in [5.41, 5.74) is 1.14. The molecule has 2 aliphatic heterocycles. The van der Waals surface area contributed by atoms with Crippen molar-refractivity contribution >= 4 is 27.6 Å². The molecule has 2 aliphatic rings. The highest BCUT2D eigenvalue weighted by Crippen LogP contribution is 2.41. The Bertz CT molecular complexity index is 894. The Morgan fingerprint density at radius 3 is 2.71 bits per heavy atom. The SMILES string of the molecule is CCOC(=O)C1CCCN(S(=O)(=O)c2ccc3c(c2)C(C)(C)CC(=O)N3C)C1. The molecule has 1 aromatic carbocycles. The van der Waals surface area contributed by atoms with Crippen LogP contribution in [0.25, 0.3) is 0 Å². The van der Waals surface area contributed by atoms with Gasteiger partial charge < -0.3 is 9.64 Å². The van der Waals surface area contributed by atoms with E-state index in [0.29, 0.717) is 25.8 Å². The molecule has 154 valence electrons. The largest absolute Gasteiger partial charge is 0.466 e. The number of nitrogens with zero attached hydrogens (tertiary/aromatic N) is 2. The third-order valence-electron chi connectivity index (χ3n) is 5.67. The second-order valence-electron chi connectivity index (χ2n) is 8.15. The highest BCUT2D eigenvalue weighted by atomic mass is 32.2. The first kappa shape index (κ1) is 20.8. The average Bonchev–Trinajstić information content (AvgIpc) is 2.66. The van der Waals surface area contributed by atoms with Gasteiger partial charge in [-0.3, -0.25) is 9.59 Å². The lowest BCUT2D eigenvalue weighted by molar-refractivity contribution is -0.149. The van der Waals surface area contributed by atoms with E-state index in [1.54, 1.807) is 37.1 Å². The molecule has 1 saturated heterocycles. The van der Waals surface area contributed by atoms with E-state index in [0.717, 1.165) is 11.3 Å². The minimum atomic E-state index is -3.74. The van der Waals surface area contributed by atoms with Crippen LogP contribution >= 0.6 is 0 Å². The van der Waals surface area contributed by atoms with Gasteiger partial charge in [-0.15, -0.1) is 0 Å². The van der Waals surface area contributed by atoms with Crippen molar-refractivity contribution in [2.75, 3.05) is 31.6 Å². The normalized spacial score (nSPS) is 22.6. The maximum atomic E-state index is 13.2. The Morgan fingerprint density at radius 1 is 1.32 bits per heavy atom. The average molecular weight is 409 g/mol.